The summed E-state index contributed by atoms with van der Waals surface area (Å²) >= 11 is 0. The van der Waals surface area contributed by atoms with Gasteiger partial charge in [-0.1, -0.05) is 42.5 Å². The monoisotopic (exact) mass is 344 g/mol. The number of nitrogens with zero attached hydrogens (tertiary/aromatic N) is 1. The zero-order valence-electron chi connectivity index (χ0n) is 13.9. The van der Waals surface area contributed by atoms with E-state index in [1.165, 1.54) is 10.8 Å². The Bertz CT molecular complexity index is 704. The van der Waals surface area contributed by atoms with Gasteiger partial charge in [0.15, 0.2) is 0 Å². The Morgan fingerprint density at radius 3 is 2.38 bits per heavy atom. The summed E-state index contributed by atoms with van der Waals surface area (Å²) in [7, 11) is 0. The van der Waals surface area contributed by atoms with Gasteiger partial charge in [-0.15, -0.1) is 12.4 Å². The van der Waals surface area contributed by atoms with Gasteiger partial charge in [-0.25, -0.2) is 0 Å². The third-order valence-electron chi connectivity index (χ3n) is 5.54. The first-order valence-corrected chi connectivity index (χ1v) is 8.76. The molecule has 2 heterocycles. The second kappa shape index (κ2) is 7.54. The van der Waals surface area contributed by atoms with E-state index in [0.717, 1.165) is 56.4 Å². The number of benzene rings is 2. The standard InChI is InChI=1S/C20H24N2O.ClH/c23-20(22-9-7-18-13-21-14-19(18)8-10-22)12-15-5-6-16-3-1-2-4-17(16)11-15;/h1-6,11,18-19,21H,7-10,12-14H2;1H. The van der Waals surface area contributed by atoms with Crippen molar-refractivity contribution in [2.45, 2.75) is 19.3 Å². The quantitative estimate of drug-likeness (QED) is 0.907. The largest absolute Gasteiger partial charge is 0.342 e. The molecule has 0 bridgehead atoms. The lowest BCUT2D eigenvalue weighted by Crippen LogP contribution is -2.33. The van der Waals surface area contributed by atoms with E-state index in [2.05, 4.69) is 52.7 Å². The number of halogens is 1. The number of amides is 1. The number of hydrogen-bond acceptors (Lipinski definition) is 2. The van der Waals surface area contributed by atoms with E-state index in [0.29, 0.717) is 6.42 Å². The molecule has 2 aliphatic rings. The van der Waals surface area contributed by atoms with E-state index in [1.807, 2.05) is 0 Å². The number of likely N-dealkylation sites (tertiary alicyclic amines) is 1. The highest BCUT2D eigenvalue weighted by atomic mass is 35.5. The van der Waals surface area contributed by atoms with E-state index in [1.54, 1.807) is 0 Å². The molecular formula is C20H25ClN2O. The first kappa shape index (κ1) is 17.2. The Labute approximate surface area is 149 Å². The molecule has 0 radical (unpaired) electrons. The molecule has 3 nitrogen and oxygen atoms in total. The van der Waals surface area contributed by atoms with Crippen LogP contribution in [0.5, 0.6) is 0 Å². The summed E-state index contributed by atoms with van der Waals surface area (Å²) in [4.78, 5) is 14.8. The summed E-state index contributed by atoms with van der Waals surface area (Å²) in [6, 6.07) is 14.7. The van der Waals surface area contributed by atoms with E-state index in [9.17, 15) is 4.79 Å². The molecule has 2 aromatic carbocycles. The van der Waals surface area contributed by atoms with Crippen LogP contribution < -0.4 is 5.32 Å². The van der Waals surface area contributed by atoms with Gasteiger partial charge < -0.3 is 10.2 Å². The van der Waals surface area contributed by atoms with Crippen LogP contribution in [0.3, 0.4) is 0 Å². The molecule has 4 rings (SSSR count). The maximum Gasteiger partial charge on any atom is 0.226 e. The second-order valence-electron chi connectivity index (χ2n) is 6.99. The van der Waals surface area contributed by atoms with Crippen LogP contribution in [0, 0.1) is 11.8 Å². The van der Waals surface area contributed by atoms with Crippen molar-refractivity contribution in [3.63, 3.8) is 0 Å². The Morgan fingerprint density at radius 2 is 1.67 bits per heavy atom. The topological polar surface area (TPSA) is 32.3 Å². The molecule has 4 heteroatoms. The average molecular weight is 345 g/mol. The Hall–Kier alpha value is -1.58. The Kier molecular flexibility index (Phi) is 5.42. The van der Waals surface area contributed by atoms with Crippen molar-refractivity contribution in [3.8, 4) is 0 Å². The number of fused-ring (bicyclic) bond motifs is 2. The minimum absolute atomic E-state index is 0. The van der Waals surface area contributed by atoms with Crippen LogP contribution >= 0.6 is 12.4 Å². The fraction of sp³-hybridized carbons (Fsp3) is 0.450. The van der Waals surface area contributed by atoms with E-state index < -0.39 is 0 Å². The molecule has 24 heavy (non-hydrogen) atoms. The number of nitrogens with one attached hydrogen (secondary N) is 1. The van der Waals surface area contributed by atoms with Crippen LogP contribution in [0.4, 0.5) is 0 Å². The second-order valence-corrected chi connectivity index (χ2v) is 6.99. The van der Waals surface area contributed by atoms with Crippen LogP contribution in [0.25, 0.3) is 10.8 Å². The van der Waals surface area contributed by atoms with Crippen LogP contribution in [-0.4, -0.2) is 37.0 Å². The van der Waals surface area contributed by atoms with Crippen molar-refractivity contribution in [2.75, 3.05) is 26.2 Å². The van der Waals surface area contributed by atoms with Gasteiger partial charge in [-0.05, 0) is 54.1 Å². The minimum Gasteiger partial charge on any atom is -0.342 e. The minimum atomic E-state index is 0. The lowest BCUT2D eigenvalue weighted by Gasteiger charge is -2.21. The molecule has 2 aliphatic heterocycles. The van der Waals surface area contributed by atoms with Crippen LogP contribution in [0.2, 0.25) is 0 Å². The smallest absolute Gasteiger partial charge is 0.226 e. The Morgan fingerprint density at radius 1 is 1.00 bits per heavy atom. The van der Waals surface area contributed by atoms with Gasteiger partial charge in [0.1, 0.15) is 0 Å². The first-order valence-electron chi connectivity index (χ1n) is 8.76. The lowest BCUT2D eigenvalue weighted by atomic mass is 9.92. The fourth-order valence-corrected chi connectivity index (χ4v) is 4.10. The van der Waals surface area contributed by atoms with Crippen molar-refractivity contribution in [3.05, 3.63) is 48.0 Å². The third-order valence-corrected chi connectivity index (χ3v) is 5.54. The van der Waals surface area contributed by atoms with Gasteiger partial charge in [0.05, 0.1) is 6.42 Å². The molecule has 2 saturated heterocycles. The van der Waals surface area contributed by atoms with Crippen LogP contribution in [0.1, 0.15) is 18.4 Å². The van der Waals surface area contributed by atoms with Gasteiger partial charge in [-0.2, -0.15) is 0 Å². The van der Waals surface area contributed by atoms with Gasteiger partial charge >= 0.3 is 0 Å². The lowest BCUT2D eigenvalue weighted by molar-refractivity contribution is -0.130. The molecular weight excluding hydrogens is 320 g/mol. The summed E-state index contributed by atoms with van der Waals surface area (Å²) in [6.07, 6.45) is 2.83. The molecule has 0 spiro atoms. The molecule has 1 amide bonds. The summed E-state index contributed by atoms with van der Waals surface area (Å²) < 4.78 is 0. The predicted molar refractivity (Wildman–Crippen MR) is 101 cm³/mol. The molecule has 1 N–H and O–H groups in total. The van der Waals surface area contributed by atoms with Crippen molar-refractivity contribution >= 4 is 29.1 Å². The van der Waals surface area contributed by atoms with Crippen LogP contribution in [-0.2, 0) is 11.2 Å². The summed E-state index contributed by atoms with van der Waals surface area (Å²) in [5.41, 5.74) is 1.12. The molecule has 2 unspecified atom stereocenters. The summed E-state index contributed by atoms with van der Waals surface area (Å²) in [5, 5.41) is 5.94. The van der Waals surface area contributed by atoms with Crippen LogP contribution in [0.15, 0.2) is 42.5 Å². The third kappa shape index (κ3) is 3.57. The van der Waals surface area contributed by atoms with Crippen molar-refractivity contribution < 1.29 is 4.79 Å². The molecule has 0 saturated carbocycles. The molecule has 0 aromatic heterocycles. The highest BCUT2D eigenvalue weighted by Crippen LogP contribution is 2.27. The van der Waals surface area contributed by atoms with Crippen molar-refractivity contribution in [2.24, 2.45) is 11.8 Å². The van der Waals surface area contributed by atoms with Gasteiger partial charge in [0.2, 0.25) is 5.91 Å². The normalized spacial score (nSPS) is 23.4. The van der Waals surface area contributed by atoms with Crippen molar-refractivity contribution in [1.29, 1.82) is 0 Å². The highest BCUT2D eigenvalue weighted by Gasteiger charge is 2.31. The Balaban J connectivity index is 0.00000169. The zero-order valence-corrected chi connectivity index (χ0v) is 14.7. The fourth-order valence-electron chi connectivity index (χ4n) is 4.10. The number of carbonyl (C=O) groups is 1. The maximum absolute atomic E-state index is 12.7. The predicted octanol–water partition coefficient (Wildman–Crippen LogP) is 3.26. The van der Waals surface area contributed by atoms with Crippen molar-refractivity contribution in [1.82, 2.24) is 10.2 Å². The number of carbonyl (C=O) groups excluding carboxylic acids is 1. The zero-order chi connectivity index (χ0) is 15.6. The van der Waals surface area contributed by atoms with Gasteiger partial charge in [-0.3, -0.25) is 4.79 Å². The molecule has 0 aliphatic carbocycles. The number of hydrogen-bond donors (Lipinski definition) is 1. The first-order chi connectivity index (χ1) is 11.3. The SMILES string of the molecule is Cl.O=C(Cc1ccc2ccccc2c1)N1CCC2CNCC2CC1. The highest BCUT2D eigenvalue weighted by molar-refractivity contribution is 5.86. The van der Waals surface area contributed by atoms with E-state index >= 15 is 0 Å². The molecule has 2 atom stereocenters. The maximum atomic E-state index is 12.7. The average Bonchev–Trinajstić information content (AvgIpc) is 2.93. The molecule has 2 aromatic rings. The molecule has 128 valence electrons. The summed E-state index contributed by atoms with van der Waals surface area (Å²) in [6.45, 7) is 4.12. The molecule has 2 fully saturated rings. The number of rotatable bonds is 2. The van der Waals surface area contributed by atoms with Gasteiger partial charge in [0.25, 0.3) is 0 Å². The van der Waals surface area contributed by atoms with E-state index in [4.69, 9.17) is 0 Å². The summed E-state index contributed by atoms with van der Waals surface area (Å²) in [5.74, 6) is 1.83. The van der Waals surface area contributed by atoms with E-state index in [-0.39, 0.29) is 18.3 Å². The van der Waals surface area contributed by atoms with Gasteiger partial charge in [0, 0.05) is 13.1 Å².